The van der Waals surface area contributed by atoms with Crippen molar-refractivity contribution in [1.82, 2.24) is 19.2 Å². The van der Waals surface area contributed by atoms with E-state index in [-0.39, 0.29) is 5.91 Å². The highest BCUT2D eigenvalue weighted by Gasteiger charge is 2.27. The summed E-state index contributed by atoms with van der Waals surface area (Å²) in [5.74, 6) is 0.112. The molecule has 30 heavy (non-hydrogen) atoms. The Morgan fingerprint density at radius 3 is 2.60 bits per heavy atom. The van der Waals surface area contributed by atoms with Gasteiger partial charge in [-0.15, -0.1) is 11.3 Å². The van der Waals surface area contributed by atoms with Gasteiger partial charge in [0.05, 0.1) is 5.69 Å². The van der Waals surface area contributed by atoms with Crippen LogP contribution in [0.2, 0.25) is 0 Å². The number of amides is 1. The summed E-state index contributed by atoms with van der Waals surface area (Å²) < 4.78 is 2.13. The van der Waals surface area contributed by atoms with Gasteiger partial charge in [-0.1, -0.05) is 18.2 Å². The molecule has 2 fully saturated rings. The largest absolute Gasteiger partial charge is 0.370 e. The molecule has 2 aromatic heterocycles. The summed E-state index contributed by atoms with van der Waals surface area (Å²) >= 11 is 1.60. The number of anilines is 1. The third-order valence-electron chi connectivity index (χ3n) is 6.29. The van der Waals surface area contributed by atoms with Crippen LogP contribution in [0.25, 0.3) is 4.96 Å². The molecule has 7 heteroatoms. The van der Waals surface area contributed by atoms with Crippen LogP contribution in [0.5, 0.6) is 0 Å². The molecule has 0 saturated carbocycles. The van der Waals surface area contributed by atoms with Crippen LogP contribution in [-0.4, -0.2) is 64.4 Å². The van der Waals surface area contributed by atoms with Crippen LogP contribution < -0.4 is 4.90 Å². The quantitative estimate of drug-likeness (QED) is 0.641. The van der Waals surface area contributed by atoms with Crippen molar-refractivity contribution in [3.8, 4) is 0 Å². The lowest BCUT2D eigenvalue weighted by Gasteiger charge is -2.27. The first kappa shape index (κ1) is 19.6. The number of nitrogens with zero attached hydrogens (tertiary/aromatic N) is 5. The number of fused-ring (bicyclic) bond motifs is 1. The van der Waals surface area contributed by atoms with E-state index in [0.29, 0.717) is 5.69 Å². The maximum atomic E-state index is 13.3. The number of likely N-dealkylation sites (tertiary alicyclic amines) is 1. The van der Waals surface area contributed by atoms with E-state index in [9.17, 15) is 4.79 Å². The van der Waals surface area contributed by atoms with Gasteiger partial charge in [-0.25, -0.2) is 4.98 Å². The fourth-order valence-corrected chi connectivity index (χ4v) is 5.37. The number of para-hydroxylation sites is 1. The number of carbonyl (C=O) groups excluding carboxylic acids is 1. The first-order chi connectivity index (χ1) is 14.8. The molecule has 0 radical (unpaired) electrons. The van der Waals surface area contributed by atoms with E-state index in [4.69, 9.17) is 4.98 Å². The molecule has 0 atom stereocenters. The molecule has 2 aliphatic rings. The molecule has 0 spiro atoms. The maximum Gasteiger partial charge on any atom is 0.274 e. The van der Waals surface area contributed by atoms with E-state index in [1.54, 1.807) is 11.3 Å². The number of rotatable bonds is 4. The van der Waals surface area contributed by atoms with Crippen molar-refractivity contribution in [2.75, 3.05) is 44.2 Å². The molecule has 0 aliphatic carbocycles. The van der Waals surface area contributed by atoms with Gasteiger partial charge in [0.2, 0.25) is 0 Å². The number of hydrogen-bond acceptors (Lipinski definition) is 5. The predicted octanol–water partition coefficient (Wildman–Crippen LogP) is 3.73. The fraction of sp³-hybridized carbons (Fsp3) is 0.478. The van der Waals surface area contributed by atoms with Crippen molar-refractivity contribution in [3.05, 3.63) is 53.3 Å². The molecule has 2 saturated heterocycles. The van der Waals surface area contributed by atoms with Gasteiger partial charge in [-0.3, -0.25) is 14.1 Å². The molecule has 0 N–H and O–H groups in total. The molecule has 3 aromatic rings. The summed E-state index contributed by atoms with van der Waals surface area (Å²) in [5, 5.41) is 2.06. The van der Waals surface area contributed by atoms with Crippen molar-refractivity contribution in [1.29, 1.82) is 0 Å². The van der Waals surface area contributed by atoms with Crippen LogP contribution in [0.15, 0.2) is 41.9 Å². The molecule has 158 valence electrons. The van der Waals surface area contributed by atoms with Crippen LogP contribution in [0.4, 0.5) is 5.69 Å². The Hall–Kier alpha value is -2.38. The topological polar surface area (TPSA) is 44.1 Å². The number of imidazole rings is 1. The molecule has 1 aromatic carbocycles. The second kappa shape index (κ2) is 8.78. The highest BCUT2D eigenvalue weighted by molar-refractivity contribution is 7.15. The summed E-state index contributed by atoms with van der Waals surface area (Å²) in [6.45, 7) is 6.60. The lowest BCUT2D eigenvalue weighted by atomic mass is 10.1. The third-order valence-corrected chi connectivity index (χ3v) is 7.05. The zero-order valence-corrected chi connectivity index (χ0v) is 18.2. The maximum absolute atomic E-state index is 13.3. The molecule has 6 nitrogen and oxygen atoms in total. The van der Waals surface area contributed by atoms with Crippen LogP contribution in [-0.2, 0) is 6.54 Å². The molecule has 4 heterocycles. The van der Waals surface area contributed by atoms with Gasteiger partial charge in [-0.2, -0.15) is 0 Å². The number of hydrogen-bond donors (Lipinski definition) is 0. The van der Waals surface area contributed by atoms with Crippen LogP contribution in [0.3, 0.4) is 0 Å². The molecule has 5 rings (SSSR count). The summed E-state index contributed by atoms with van der Waals surface area (Å²) in [5.41, 5.74) is 3.01. The van der Waals surface area contributed by atoms with E-state index < -0.39 is 0 Å². The Balaban J connectivity index is 1.34. The van der Waals surface area contributed by atoms with E-state index in [1.807, 2.05) is 4.90 Å². The fourth-order valence-electron chi connectivity index (χ4n) is 4.64. The molecule has 2 aliphatic heterocycles. The van der Waals surface area contributed by atoms with Gasteiger partial charge in [0.15, 0.2) is 10.7 Å². The molecule has 0 unspecified atom stereocenters. The Kier molecular flexibility index (Phi) is 5.73. The minimum absolute atomic E-state index is 0.112. The Labute approximate surface area is 181 Å². The molecular formula is C23H29N5OS. The predicted molar refractivity (Wildman–Crippen MR) is 121 cm³/mol. The molecular weight excluding hydrogens is 394 g/mol. The van der Waals surface area contributed by atoms with Gasteiger partial charge in [0.1, 0.15) is 0 Å². The van der Waals surface area contributed by atoms with E-state index in [2.05, 4.69) is 56.1 Å². The standard InChI is InChI=1S/C23H29N5OS/c29-22(27-11-5-2-6-12-27)21-20(28-16-17-30-23(28)24-21)18-25-10-7-13-26(15-14-25)19-8-3-1-4-9-19/h1,3-4,8-9,16-17H,2,5-7,10-15,18H2. The van der Waals surface area contributed by atoms with Crippen molar-refractivity contribution in [2.24, 2.45) is 0 Å². The van der Waals surface area contributed by atoms with Crippen molar-refractivity contribution >= 4 is 27.9 Å². The normalized spacial score (nSPS) is 18.7. The Morgan fingerprint density at radius 1 is 0.933 bits per heavy atom. The molecule has 0 bridgehead atoms. The average molecular weight is 424 g/mol. The smallest absolute Gasteiger partial charge is 0.274 e. The summed E-state index contributed by atoms with van der Waals surface area (Å²) in [4.78, 5) is 25.9. The van der Waals surface area contributed by atoms with Gasteiger partial charge >= 0.3 is 0 Å². The van der Waals surface area contributed by atoms with Crippen molar-refractivity contribution in [2.45, 2.75) is 32.2 Å². The number of aromatic nitrogens is 2. The zero-order valence-electron chi connectivity index (χ0n) is 17.4. The molecule has 1 amide bonds. The van der Waals surface area contributed by atoms with Gasteiger partial charge in [0.25, 0.3) is 5.91 Å². The summed E-state index contributed by atoms with van der Waals surface area (Å²) in [6, 6.07) is 10.7. The SMILES string of the molecule is O=C(c1nc2sccn2c1CN1CCCN(c2ccccc2)CC1)N1CCCCC1. The second-order valence-corrected chi connectivity index (χ2v) is 9.14. The number of thiazole rings is 1. The van der Waals surface area contributed by atoms with E-state index >= 15 is 0 Å². The zero-order chi connectivity index (χ0) is 20.3. The first-order valence-corrected chi connectivity index (χ1v) is 11.9. The lowest BCUT2D eigenvalue weighted by Crippen LogP contribution is -2.37. The average Bonchev–Trinajstić information content (AvgIpc) is 3.30. The monoisotopic (exact) mass is 423 g/mol. The van der Waals surface area contributed by atoms with Crippen LogP contribution >= 0.6 is 11.3 Å². The highest BCUT2D eigenvalue weighted by Crippen LogP contribution is 2.23. The lowest BCUT2D eigenvalue weighted by molar-refractivity contribution is 0.0716. The number of benzene rings is 1. The van der Waals surface area contributed by atoms with Gasteiger partial charge in [-0.05, 0) is 37.8 Å². The first-order valence-electron chi connectivity index (χ1n) is 11.1. The second-order valence-electron chi connectivity index (χ2n) is 8.27. The number of piperidine rings is 1. The van der Waals surface area contributed by atoms with Crippen molar-refractivity contribution < 1.29 is 4.79 Å². The summed E-state index contributed by atoms with van der Waals surface area (Å²) in [7, 11) is 0. The van der Waals surface area contributed by atoms with E-state index in [1.165, 1.54) is 12.1 Å². The van der Waals surface area contributed by atoms with Crippen molar-refractivity contribution in [3.63, 3.8) is 0 Å². The third kappa shape index (κ3) is 3.96. The van der Waals surface area contributed by atoms with Crippen LogP contribution in [0.1, 0.15) is 41.9 Å². The van der Waals surface area contributed by atoms with Gasteiger partial charge in [0, 0.05) is 63.1 Å². The Bertz CT molecular complexity index is 992. The summed E-state index contributed by atoms with van der Waals surface area (Å²) in [6.07, 6.45) is 6.61. The highest BCUT2D eigenvalue weighted by atomic mass is 32.1. The minimum Gasteiger partial charge on any atom is -0.370 e. The number of carbonyl (C=O) groups is 1. The van der Waals surface area contributed by atoms with E-state index in [0.717, 1.165) is 75.7 Å². The minimum atomic E-state index is 0.112. The van der Waals surface area contributed by atoms with Gasteiger partial charge < -0.3 is 9.80 Å². The van der Waals surface area contributed by atoms with Crippen LogP contribution in [0, 0.1) is 0 Å². The Morgan fingerprint density at radius 2 is 1.77 bits per heavy atom.